The number of nitrogens with zero attached hydrogens (tertiary/aromatic N) is 4. The standard InChI is InChI=1S/C20H39N5O/c1-21-20(22-10-6-11-23(2)18-7-4-3-5-8-18)25-12-9-19(17-25)24-13-15-26-16-14-24/h18-19H,3-17H2,1-2H3,(H,21,22). The quantitative estimate of drug-likeness (QED) is 0.440. The molecule has 2 heterocycles. The number of rotatable bonds is 6. The number of morpholine rings is 1. The molecule has 1 atom stereocenters. The zero-order valence-corrected chi connectivity index (χ0v) is 17.0. The molecule has 2 aliphatic heterocycles. The summed E-state index contributed by atoms with van der Waals surface area (Å²) in [7, 11) is 4.22. The summed E-state index contributed by atoms with van der Waals surface area (Å²) in [6.45, 7) is 8.35. The molecule has 0 spiro atoms. The van der Waals surface area contributed by atoms with Gasteiger partial charge in [-0.05, 0) is 39.3 Å². The van der Waals surface area contributed by atoms with E-state index in [0.717, 1.165) is 57.9 Å². The van der Waals surface area contributed by atoms with Crippen LogP contribution < -0.4 is 5.32 Å². The van der Waals surface area contributed by atoms with Crippen LogP contribution in [0.1, 0.15) is 44.9 Å². The third-order valence-electron chi connectivity index (χ3n) is 6.41. The molecule has 3 aliphatic rings. The topological polar surface area (TPSA) is 43.3 Å². The van der Waals surface area contributed by atoms with Crippen LogP contribution in [0.3, 0.4) is 0 Å². The zero-order chi connectivity index (χ0) is 18.2. The van der Waals surface area contributed by atoms with Gasteiger partial charge >= 0.3 is 0 Å². The van der Waals surface area contributed by atoms with Crippen molar-refractivity contribution in [1.29, 1.82) is 0 Å². The van der Waals surface area contributed by atoms with Gasteiger partial charge in [0, 0.05) is 51.9 Å². The van der Waals surface area contributed by atoms with Crippen molar-refractivity contribution in [3.63, 3.8) is 0 Å². The van der Waals surface area contributed by atoms with E-state index in [1.54, 1.807) is 0 Å². The molecule has 0 amide bonds. The van der Waals surface area contributed by atoms with Crippen LogP contribution in [0.4, 0.5) is 0 Å². The van der Waals surface area contributed by atoms with Gasteiger partial charge in [-0.2, -0.15) is 0 Å². The molecule has 3 rings (SSSR count). The highest BCUT2D eigenvalue weighted by molar-refractivity contribution is 5.80. The second-order valence-electron chi connectivity index (χ2n) is 8.14. The molecule has 1 N–H and O–H groups in total. The van der Waals surface area contributed by atoms with Gasteiger partial charge in [0.2, 0.25) is 0 Å². The van der Waals surface area contributed by atoms with E-state index >= 15 is 0 Å². The first kappa shape index (κ1) is 19.9. The number of hydrogen-bond acceptors (Lipinski definition) is 4. The van der Waals surface area contributed by atoms with Crippen molar-refractivity contribution in [3.8, 4) is 0 Å². The summed E-state index contributed by atoms with van der Waals surface area (Å²) in [4.78, 5) is 12.1. The highest BCUT2D eigenvalue weighted by Gasteiger charge is 2.30. The Morgan fingerprint density at radius 3 is 2.62 bits per heavy atom. The first-order valence-corrected chi connectivity index (χ1v) is 10.8. The van der Waals surface area contributed by atoms with E-state index in [2.05, 4.69) is 32.1 Å². The van der Waals surface area contributed by atoms with Crippen LogP contribution >= 0.6 is 0 Å². The molecule has 6 nitrogen and oxygen atoms in total. The number of guanidine groups is 1. The number of aliphatic imine (C=N–C) groups is 1. The van der Waals surface area contributed by atoms with E-state index in [4.69, 9.17) is 4.74 Å². The van der Waals surface area contributed by atoms with Crippen LogP contribution in [0.25, 0.3) is 0 Å². The summed E-state index contributed by atoms with van der Waals surface area (Å²) >= 11 is 0. The Morgan fingerprint density at radius 1 is 1.12 bits per heavy atom. The maximum atomic E-state index is 5.49. The van der Waals surface area contributed by atoms with E-state index < -0.39 is 0 Å². The fraction of sp³-hybridized carbons (Fsp3) is 0.950. The number of likely N-dealkylation sites (tertiary alicyclic amines) is 1. The highest BCUT2D eigenvalue weighted by atomic mass is 16.5. The molecule has 6 heteroatoms. The average molecular weight is 366 g/mol. The van der Waals surface area contributed by atoms with Gasteiger partial charge in [0.1, 0.15) is 0 Å². The molecule has 0 radical (unpaired) electrons. The molecule has 1 saturated carbocycles. The van der Waals surface area contributed by atoms with Crippen LogP contribution in [0.2, 0.25) is 0 Å². The maximum absolute atomic E-state index is 5.49. The fourth-order valence-corrected chi connectivity index (χ4v) is 4.74. The number of ether oxygens (including phenoxy) is 1. The first-order valence-electron chi connectivity index (χ1n) is 10.8. The van der Waals surface area contributed by atoms with Crippen molar-refractivity contribution >= 4 is 5.96 Å². The summed E-state index contributed by atoms with van der Waals surface area (Å²) < 4.78 is 5.49. The van der Waals surface area contributed by atoms with Gasteiger partial charge in [-0.3, -0.25) is 9.89 Å². The molecule has 0 aromatic heterocycles. The molecule has 150 valence electrons. The van der Waals surface area contributed by atoms with Crippen LogP contribution in [0.15, 0.2) is 4.99 Å². The molecule has 1 unspecified atom stereocenters. The Bertz CT molecular complexity index is 432. The molecular formula is C20H39N5O. The molecule has 26 heavy (non-hydrogen) atoms. The first-order chi connectivity index (χ1) is 12.8. The molecular weight excluding hydrogens is 326 g/mol. The third-order valence-corrected chi connectivity index (χ3v) is 6.41. The van der Waals surface area contributed by atoms with E-state index in [9.17, 15) is 0 Å². The monoisotopic (exact) mass is 365 g/mol. The Kier molecular flexibility index (Phi) is 8.02. The van der Waals surface area contributed by atoms with Gasteiger partial charge in [-0.15, -0.1) is 0 Å². The van der Waals surface area contributed by atoms with Crippen molar-refractivity contribution in [2.75, 3.05) is 66.6 Å². The van der Waals surface area contributed by atoms with E-state index in [1.165, 1.54) is 51.5 Å². The van der Waals surface area contributed by atoms with Gasteiger partial charge in [-0.1, -0.05) is 19.3 Å². The van der Waals surface area contributed by atoms with Gasteiger partial charge in [0.05, 0.1) is 13.2 Å². The summed E-state index contributed by atoms with van der Waals surface area (Å²) in [5.74, 6) is 1.08. The fourth-order valence-electron chi connectivity index (χ4n) is 4.74. The largest absolute Gasteiger partial charge is 0.379 e. The summed E-state index contributed by atoms with van der Waals surface area (Å²) in [5.41, 5.74) is 0. The SMILES string of the molecule is CN=C(NCCCN(C)C1CCCCC1)N1CCC(N2CCOCC2)C1. The Labute approximate surface area is 159 Å². The lowest BCUT2D eigenvalue weighted by atomic mass is 9.94. The minimum atomic E-state index is 0.662. The predicted molar refractivity (Wildman–Crippen MR) is 108 cm³/mol. The van der Waals surface area contributed by atoms with Gasteiger partial charge in [-0.25, -0.2) is 0 Å². The average Bonchev–Trinajstić information content (AvgIpc) is 3.19. The lowest BCUT2D eigenvalue weighted by Gasteiger charge is -2.32. The second-order valence-corrected chi connectivity index (χ2v) is 8.14. The van der Waals surface area contributed by atoms with Crippen molar-refractivity contribution in [1.82, 2.24) is 20.0 Å². The van der Waals surface area contributed by atoms with Gasteiger partial charge in [0.15, 0.2) is 5.96 Å². The molecule has 2 saturated heterocycles. The molecule has 0 aromatic carbocycles. The lowest BCUT2D eigenvalue weighted by molar-refractivity contribution is 0.0195. The zero-order valence-electron chi connectivity index (χ0n) is 17.0. The minimum absolute atomic E-state index is 0.662. The normalized spacial score (nSPS) is 26.7. The maximum Gasteiger partial charge on any atom is 0.193 e. The van der Waals surface area contributed by atoms with Crippen LogP contribution in [-0.4, -0.2) is 99.3 Å². The van der Waals surface area contributed by atoms with E-state index in [1.807, 2.05) is 7.05 Å². The molecule has 0 bridgehead atoms. The Balaban J connectivity index is 1.34. The molecule has 1 aliphatic carbocycles. The van der Waals surface area contributed by atoms with Crippen LogP contribution in [-0.2, 0) is 4.74 Å². The summed E-state index contributed by atoms with van der Waals surface area (Å²) in [6, 6.07) is 1.48. The lowest BCUT2D eigenvalue weighted by Crippen LogP contribution is -2.47. The van der Waals surface area contributed by atoms with Crippen molar-refractivity contribution in [2.24, 2.45) is 4.99 Å². The Morgan fingerprint density at radius 2 is 1.88 bits per heavy atom. The smallest absolute Gasteiger partial charge is 0.193 e. The molecule has 3 fully saturated rings. The van der Waals surface area contributed by atoms with Crippen molar-refractivity contribution in [3.05, 3.63) is 0 Å². The van der Waals surface area contributed by atoms with Crippen molar-refractivity contribution in [2.45, 2.75) is 57.0 Å². The second kappa shape index (κ2) is 10.5. The van der Waals surface area contributed by atoms with Gasteiger partial charge < -0.3 is 19.9 Å². The summed E-state index contributed by atoms with van der Waals surface area (Å²) in [5, 5.41) is 3.60. The van der Waals surface area contributed by atoms with Crippen LogP contribution in [0, 0.1) is 0 Å². The highest BCUT2D eigenvalue weighted by Crippen LogP contribution is 2.21. The van der Waals surface area contributed by atoms with Crippen LogP contribution in [0.5, 0.6) is 0 Å². The van der Waals surface area contributed by atoms with E-state index in [0.29, 0.717) is 6.04 Å². The third kappa shape index (κ3) is 5.57. The van der Waals surface area contributed by atoms with E-state index in [-0.39, 0.29) is 0 Å². The van der Waals surface area contributed by atoms with Crippen molar-refractivity contribution < 1.29 is 4.74 Å². The minimum Gasteiger partial charge on any atom is -0.379 e. The predicted octanol–water partition coefficient (Wildman–Crippen LogP) is 1.62. The summed E-state index contributed by atoms with van der Waals surface area (Å²) in [6.07, 6.45) is 9.48. The number of hydrogen-bond donors (Lipinski definition) is 1. The molecule has 0 aromatic rings. The van der Waals surface area contributed by atoms with Gasteiger partial charge in [0.25, 0.3) is 0 Å². The Hall–Kier alpha value is -0.850. The number of nitrogens with one attached hydrogen (secondary N) is 1.